The fourth-order valence-electron chi connectivity index (χ4n) is 3.23. The molecule has 1 unspecified atom stereocenters. The van der Waals surface area contributed by atoms with Crippen LogP contribution in [0, 0.1) is 5.82 Å². The maximum Gasteiger partial charge on any atom is 0.251 e. The van der Waals surface area contributed by atoms with Crippen LogP contribution in [0.25, 0.3) is 11.0 Å². The minimum Gasteiger partial charge on any atom is -0.342 e. The predicted octanol–water partition coefficient (Wildman–Crippen LogP) is 4.05. The van der Waals surface area contributed by atoms with E-state index in [1.807, 2.05) is 6.07 Å². The third-order valence-electron chi connectivity index (χ3n) is 4.89. The molecule has 156 valence electrons. The fourth-order valence-corrected chi connectivity index (χ4v) is 3.23. The second-order valence-corrected chi connectivity index (χ2v) is 7.23. The number of H-pyrrole nitrogens is 1. The van der Waals surface area contributed by atoms with Gasteiger partial charge in [-0.3, -0.25) is 9.59 Å². The van der Waals surface area contributed by atoms with Gasteiger partial charge in [0.25, 0.3) is 5.91 Å². The van der Waals surface area contributed by atoms with Crippen molar-refractivity contribution in [3.63, 3.8) is 0 Å². The Morgan fingerprint density at radius 1 is 1.03 bits per heavy atom. The summed E-state index contributed by atoms with van der Waals surface area (Å²) in [5, 5.41) is 5.48. The Labute approximate surface area is 178 Å². The van der Waals surface area contributed by atoms with E-state index >= 15 is 0 Å². The Kier molecular flexibility index (Phi) is 5.75. The van der Waals surface area contributed by atoms with Crippen molar-refractivity contribution in [1.82, 2.24) is 15.3 Å². The normalized spacial score (nSPS) is 11.8. The number of amides is 2. The van der Waals surface area contributed by atoms with Crippen LogP contribution < -0.4 is 10.6 Å². The van der Waals surface area contributed by atoms with Crippen molar-refractivity contribution in [3.05, 3.63) is 95.6 Å². The molecular weight excluding hydrogens is 395 g/mol. The van der Waals surface area contributed by atoms with E-state index in [9.17, 15) is 14.0 Å². The van der Waals surface area contributed by atoms with Gasteiger partial charge in [-0.25, -0.2) is 9.37 Å². The van der Waals surface area contributed by atoms with Gasteiger partial charge in [-0.15, -0.1) is 0 Å². The first-order valence-corrected chi connectivity index (χ1v) is 9.88. The number of carbonyl (C=O) groups excluding carboxylic acids is 2. The number of hydrogen-bond donors (Lipinski definition) is 3. The van der Waals surface area contributed by atoms with Crippen molar-refractivity contribution in [2.24, 2.45) is 0 Å². The Bertz CT molecular complexity index is 1240. The van der Waals surface area contributed by atoms with E-state index in [2.05, 4.69) is 20.6 Å². The molecule has 1 heterocycles. The number of halogens is 1. The Balaban J connectivity index is 1.43. The minimum absolute atomic E-state index is 0.276. The van der Waals surface area contributed by atoms with Crippen LogP contribution in [0.15, 0.2) is 72.8 Å². The van der Waals surface area contributed by atoms with E-state index in [1.165, 1.54) is 6.07 Å². The van der Waals surface area contributed by atoms with Gasteiger partial charge in [-0.2, -0.15) is 0 Å². The van der Waals surface area contributed by atoms with Crippen LogP contribution in [0.1, 0.15) is 28.7 Å². The fraction of sp³-hybridized carbons (Fsp3) is 0.125. The SMILES string of the molecule is CC(NC(=O)c1ccccc1)C(=O)Nc1ccc2nc(Cc3ccccc3F)[nH]c2c1. The molecule has 0 aliphatic carbocycles. The highest BCUT2D eigenvalue weighted by atomic mass is 19.1. The van der Waals surface area contributed by atoms with Crippen molar-refractivity contribution in [3.8, 4) is 0 Å². The number of nitrogens with zero attached hydrogens (tertiary/aromatic N) is 1. The van der Waals surface area contributed by atoms with Crippen molar-refractivity contribution < 1.29 is 14.0 Å². The number of carbonyl (C=O) groups is 2. The number of benzene rings is 3. The predicted molar refractivity (Wildman–Crippen MR) is 117 cm³/mol. The van der Waals surface area contributed by atoms with Crippen molar-refractivity contribution >= 4 is 28.5 Å². The third-order valence-corrected chi connectivity index (χ3v) is 4.89. The van der Waals surface area contributed by atoms with Crippen LogP contribution in [-0.4, -0.2) is 27.8 Å². The number of anilines is 1. The zero-order valence-corrected chi connectivity index (χ0v) is 16.9. The first-order valence-electron chi connectivity index (χ1n) is 9.88. The average molecular weight is 416 g/mol. The van der Waals surface area contributed by atoms with Crippen LogP contribution in [0.5, 0.6) is 0 Å². The van der Waals surface area contributed by atoms with Crippen LogP contribution >= 0.6 is 0 Å². The third kappa shape index (κ3) is 4.78. The monoisotopic (exact) mass is 416 g/mol. The summed E-state index contributed by atoms with van der Waals surface area (Å²) >= 11 is 0. The summed E-state index contributed by atoms with van der Waals surface area (Å²) in [7, 11) is 0. The minimum atomic E-state index is -0.721. The summed E-state index contributed by atoms with van der Waals surface area (Å²) in [5.74, 6) is -0.297. The van der Waals surface area contributed by atoms with Gasteiger partial charge >= 0.3 is 0 Å². The molecular formula is C24H21FN4O2. The molecule has 0 bridgehead atoms. The van der Waals surface area contributed by atoms with Gasteiger partial charge in [0, 0.05) is 17.7 Å². The van der Waals surface area contributed by atoms with E-state index in [0.29, 0.717) is 29.1 Å². The standard InChI is InChI=1S/C24H21FN4O2/c1-15(26-24(31)16-7-3-2-4-8-16)23(30)27-18-11-12-20-21(14-18)29-22(28-20)13-17-9-5-6-10-19(17)25/h2-12,14-15H,13H2,1H3,(H,26,31)(H,27,30)(H,28,29). The number of hydrogen-bond acceptors (Lipinski definition) is 3. The van der Waals surface area contributed by atoms with Crippen LogP contribution in [0.3, 0.4) is 0 Å². The molecule has 4 aromatic rings. The molecule has 1 aromatic heterocycles. The molecule has 0 spiro atoms. The maximum absolute atomic E-state index is 13.9. The lowest BCUT2D eigenvalue weighted by Crippen LogP contribution is -2.41. The molecule has 0 radical (unpaired) electrons. The first kappa shape index (κ1) is 20.3. The van der Waals surface area contributed by atoms with Gasteiger partial charge in [0.2, 0.25) is 5.91 Å². The number of aromatic nitrogens is 2. The topological polar surface area (TPSA) is 86.9 Å². The molecule has 3 N–H and O–H groups in total. The highest BCUT2D eigenvalue weighted by molar-refractivity contribution is 6.01. The van der Waals surface area contributed by atoms with Gasteiger partial charge in [-0.1, -0.05) is 36.4 Å². The lowest BCUT2D eigenvalue weighted by molar-refractivity contribution is -0.117. The van der Waals surface area contributed by atoms with E-state index in [-0.39, 0.29) is 17.6 Å². The van der Waals surface area contributed by atoms with Gasteiger partial charge in [0.1, 0.15) is 17.7 Å². The molecule has 0 saturated carbocycles. The van der Waals surface area contributed by atoms with Gasteiger partial charge in [0.05, 0.1) is 11.0 Å². The molecule has 2 amide bonds. The summed E-state index contributed by atoms with van der Waals surface area (Å²) in [6, 6.07) is 19.8. The van der Waals surface area contributed by atoms with E-state index < -0.39 is 6.04 Å². The number of nitrogens with one attached hydrogen (secondary N) is 3. The smallest absolute Gasteiger partial charge is 0.251 e. The van der Waals surface area contributed by atoms with Crippen molar-refractivity contribution in [1.29, 1.82) is 0 Å². The lowest BCUT2D eigenvalue weighted by Gasteiger charge is -2.14. The molecule has 4 rings (SSSR count). The van der Waals surface area contributed by atoms with Gasteiger partial charge < -0.3 is 15.6 Å². The zero-order chi connectivity index (χ0) is 21.8. The summed E-state index contributed by atoms with van der Waals surface area (Å²) in [4.78, 5) is 32.4. The quantitative estimate of drug-likeness (QED) is 0.443. The highest BCUT2D eigenvalue weighted by Crippen LogP contribution is 2.19. The van der Waals surface area contributed by atoms with Crippen LogP contribution in [0.2, 0.25) is 0 Å². The number of imidazole rings is 1. The van der Waals surface area contributed by atoms with Crippen LogP contribution in [0.4, 0.5) is 10.1 Å². The zero-order valence-electron chi connectivity index (χ0n) is 16.9. The van der Waals surface area contributed by atoms with Crippen molar-refractivity contribution in [2.45, 2.75) is 19.4 Å². The Morgan fingerprint density at radius 3 is 2.55 bits per heavy atom. The second-order valence-electron chi connectivity index (χ2n) is 7.23. The maximum atomic E-state index is 13.9. The summed E-state index contributed by atoms with van der Waals surface area (Å²) in [6.45, 7) is 1.62. The molecule has 31 heavy (non-hydrogen) atoms. The molecule has 7 heteroatoms. The summed E-state index contributed by atoms with van der Waals surface area (Å²) in [6.07, 6.45) is 0.339. The molecule has 3 aromatic carbocycles. The summed E-state index contributed by atoms with van der Waals surface area (Å²) < 4.78 is 13.9. The molecule has 0 saturated heterocycles. The number of aromatic amines is 1. The molecule has 6 nitrogen and oxygen atoms in total. The molecule has 0 aliphatic heterocycles. The van der Waals surface area contributed by atoms with Crippen LogP contribution in [-0.2, 0) is 11.2 Å². The van der Waals surface area contributed by atoms with Crippen molar-refractivity contribution in [2.75, 3.05) is 5.32 Å². The molecule has 0 aliphatic rings. The Morgan fingerprint density at radius 2 is 1.77 bits per heavy atom. The largest absolute Gasteiger partial charge is 0.342 e. The highest BCUT2D eigenvalue weighted by Gasteiger charge is 2.17. The molecule has 1 atom stereocenters. The molecule has 0 fully saturated rings. The average Bonchev–Trinajstić information content (AvgIpc) is 3.17. The second kappa shape index (κ2) is 8.79. The number of fused-ring (bicyclic) bond motifs is 1. The van der Waals surface area contributed by atoms with E-state index in [0.717, 1.165) is 11.0 Å². The van der Waals surface area contributed by atoms with E-state index in [1.54, 1.807) is 67.6 Å². The van der Waals surface area contributed by atoms with E-state index in [4.69, 9.17) is 0 Å². The Hall–Kier alpha value is -4.00. The first-order chi connectivity index (χ1) is 15.0. The number of rotatable bonds is 6. The van der Waals surface area contributed by atoms with Gasteiger partial charge in [0.15, 0.2) is 0 Å². The van der Waals surface area contributed by atoms with Gasteiger partial charge in [-0.05, 0) is 48.9 Å². The lowest BCUT2D eigenvalue weighted by atomic mass is 10.1. The summed E-state index contributed by atoms with van der Waals surface area (Å²) in [5.41, 5.74) is 3.06.